The first-order chi connectivity index (χ1) is 14.1. The zero-order chi connectivity index (χ0) is 20.4. The minimum atomic E-state index is 0.172. The van der Waals surface area contributed by atoms with Crippen molar-refractivity contribution in [1.29, 1.82) is 0 Å². The summed E-state index contributed by atoms with van der Waals surface area (Å²) in [6.07, 6.45) is 18.8. The van der Waals surface area contributed by atoms with E-state index in [1.165, 1.54) is 43.4 Å². The van der Waals surface area contributed by atoms with Gasteiger partial charge in [0.2, 0.25) is 0 Å². The molecule has 2 atom stereocenters. The van der Waals surface area contributed by atoms with Gasteiger partial charge in [-0.2, -0.15) is 0 Å². The van der Waals surface area contributed by atoms with Crippen LogP contribution < -0.4 is 10.2 Å². The molecule has 0 amide bonds. The topological polar surface area (TPSA) is 15.3 Å². The molecule has 2 heteroatoms. The highest BCUT2D eigenvalue weighted by molar-refractivity contribution is 5.58. The molecule has 0 radical (unpaired) electrons. The highest BCUT2D eigenvalue weighted by Crippen LogP contribution is 2.59. The summed E-state index contributed by atoms with van der Waals surface area (Å²) in [4.78, 5) is 2.44. The lowest BCUT2D eigenvalue weighted by Gasteiger charge is -2.31. The van der Waals surface area contributed by atoms with Crippen molar-refractivity contribution in [2.75, 3.05) is 18.1 Å². The van der Waals surface area contributed by atoms with Gasteiger partial charge in [0.05, 0.1) is 6.67 Å². The standard InChI is InChI=1S/C27H34N2/c1-5-21(4)22-15-16-27(18-24(27)17-22)23-9-13-26(14-10-23)29(6-2)19-28-25-11-7-20(3)8-12-25/h1,9-10,13-17,20,24-25,28H,4,6-8,11-12,18-19H2,2-3H3. The van der Waals surface area contributed by atoms with Crippen LogP contribution in [-0.4, -0.2) is 19.3 Å². The zero-order valence-electron chi connectivity index (χ0n) is 18.0. The highest BCUT2D eigenvalue weighted by atomic mass is 15.2. The normalized spacial score (nSPS) is 30.1. The van der Waals surface area contributed by atoms with E-state index in [9.17, 15) is 0 Å². The second kappa shape index (κ2) is 8.25. The van der Waals surface area contributed by atoms with Crippen LogP contribution >= 0.6 is 0 Å². The number of benzene rings is 1. The fourth-order valence-corrected chi connectivity index (χ4v) is 5.00. The van der Waals surface area contributed by atoms with Crippen molar-refractivity contribution < 1.29 is 0 Å². The van der Waals surface area contributed by atoms with Crippen LogP contribution in [0, 0.1) is 24.2 Å². The molecule has 0 spiro atoms. The van der Waals surface area contributed by atoms with E-state index in [-0.39, 0.29) is 5.41 Å². The van der Waals surface area contributed by atoms with Gasteiger partial charge in [-0.05, 0) is 74.1 Å². The molecule has 2 fully saturated rings. The molecule has 0 heterocycles. The lowest BCUT2D eigenvalue weighted by atomic mass is 9.87. The number of hydrogen-bond acceptors (Lipinski definition) is 2. The minimum absolute atomic E-state index is 0.172. The molecule has 4 rings (SSSR count). The zero-order valence-corrected chi connectivity index (χ0v) is 18.0. The van der Waals surface area contributed by atoms with Crippen LogP contribution in [0.3, 0.4) is 0 Å². The first-order valence-electron chi connectivity index (χ1n) is 11.2. The summed E-state index contributed by atoms with van der Waals surface area (Å²) in [5, 5.41) is 3.79. The van der Waals surface area contributed by atoms with E-state index in [1.807, 2.05) is 0 Å². The van der Waals surface area contributed by atoms with Crippen molar-refractivity contribution in [2.24, 2.45) is 11.8 Å². The molecule has 2 nitrogen and oxygen atoms in total. The third-order valence-electron chi connectivity index (χ3n) is 7.26. The molecule has 1 aromatic carbocycles. The summed E-state index contributed by atoms with van der Waals surface area (Å²) in [7, 11) is 0. The molecule has 0 bridgehead atoms. The Morgan fingerprint density at radius 2 is 1.97 bits per heavy atom. The Balaban J connectivity index is 1.38. The van der Waals surface area contributed by atoms with Crippen molar-refractivity contribution in [3.8, 4) is 12.3 Å². The molecular formula is C27H34N2. The van der Waals surface area contributed by atoms with E-state index in [1.54, 1.807) is 0 Å². The largest absolute Gasteiger partial charge is 0.359 e. The molecule has 0 saturated heterocycles. The molecule has 3 aliphatic rings. The molecule has 2 saturated carbocycles. The number of nitrogens with zero attached hydrogens (tertiary/aromatic N) is 1. The van der Waals surface area contributed by atoms with E-state index in [2.05, 4.69) is 79.1 Å². The Morgan fingerprint density at radius 3 is 2.59 bits per heavy atom. The molecule has 3 aliphatic carbocycles. The van der Waals surface area contributed by atoms with Gasteiger partial charge in [-0.3, -0.25) is 5.32 Å². The van der Waals surface area contributed by atoms with Crippen LogP contribution in [0.5, 0.6) is 0 Å². The number of nitrogens with one attached hydrogen (secondary N) is 1. The maximum Gasteiger partial charge on any atom is 0.0684 e. The van der Waals surface area contributed by atoms with Crippen LogP contribution in [-0.2, 0) is 5.41 Å². The van der Waals surface area contributed by atoms with Gasteiger partial charge in [0.25, 0.3) is 0 Å². The number of terminal acetylenes is 1. The predicted molar refractivity (Wildman–Crippen MR) is 124 cm³/mol. The van der Waals surface area contributed by atoms with E-state index in [0.29, 0.717) is 12.0 Å². The third-order valence-corrected chi connectivity index (χ3v) is 7.26. The number of fused-ring (bicyclic) bond motifs is 1. The lowest BCUT2D eigenvalue weighted by Crippen LogP contribution is -2.41. The number of hydrogen-bond donors (Lipinski definition) is 1. The molecule has 1 aromatic rings. The van der Waals surface area contributed by atoms with Crippen LogP contribution in [0.4, 0.5) is 5.69 Å². The van der Waals surface area contributed by atoms with Crippen molar-refractivity contribution in [1.82, 2.24) is 5.32 Å². The molecule has 0 aromatic heterocycles. The van der Waals surface area contributed by atoms with Gasteiger partial charge in [-0.1, -0.05) is 49.8 Å². The smallest absolute Gasteiger partial charge is 0.0684 e. The molecule has 1 N–H and O–H groups in total. The first-order valence-corrected chi connectivity index (χ1v) is 11.2. The Kier molecular flexibility index (Phi) is 5.70. The Labute approximate surface area is 176 Å². The van der Waals surface area contributed by atoms with Gasteiger partial charge in [-0.25, -0.2) is 0 Å². The fourth-order valence-electron chi connectivity index (χ4n) is 5.00. The Morgan fingerprint density at radius 1 is 1.24 bits per heavy atom. The minimum Gasteiger partial charge on any atom is -0.359 e. The van der Waals surface area contributed by atoms with Crippen LogP contribution in [0.2, 0.25) is 0 Å². The Hall–Kier alpha value is -2.24. The van der Waals surface area contributed by atoms with E-state index < -0.39 is 0 Å². The number of anilines is 1. The highest BCUT2D eigenvalue weighted by Gasteiger charge is 2.53. The SMILES string of the molecule is C#CC(=C)C1=CC2CC2(c2ccc(N(CC)CNC3CCC(C)CC3)cc2)C=C1. The van der Waals surface area contributed by atoms with Gasteiger partial charge in [-0.15, -0.1) is 6.42 Å². The lowest BCUT2D eigenvalue weighted by molar-refractivity contribution is 0.308. The molecule has 2 unspecified atom stereocenters. The summed E-state index contributed by atoms with van der Waals surface area (Å²) in [5.74, 6) is 4.12. The maximum absolute atomic E-state index is 5.51. The van der Waals surface area contributed by atoms with Crippen molar-refractivity contribution in [3.63, 3.8) is 0 Å². The summed E-state index contributed by atoms with van der Waals surface area (Å²) >= 11 is 0. The van der Waals surface area contributed by atoms with E-state index in [0.717, 1.165) is 30.3 Å². The average Bonchev–Trinajstić information content (AvgIpc) is 3.50. The predicted octanol–water partition coefficient (Wildman–Crippen LogP) is 5.58. The third kappa shape index (κ3) is 4.07. The second-order valence-corrected chi connectivity index (χ2v) is 9.15. The molecule has 29 heavy (non-hydrogen) atoms. The maximum atomic E-state index is 5.51. The quantitative estimate of drug-likeness (QED) is 0.486. The molecular weight excluding hydrogens is 352 g/mol. The number of rotatable bonds is 7. The Bertz CT molecular complexity index is 846. The number of allylic oxidation sites excluding steroid dienone is 5. The summed E-state index contributed by atoms with van der Waals surface area (Å²) < 4.78 is 0. The second-order valence-electron chi connectivity index (χ2n) is 9.15. The van der Waals surface area contributed by atoms with E-state index >= 15 is 0 Å². The first kappa shape index (κ1) is 20.0. The van der Waals surface area contributed by atoms with Crippen molar-refractivity contribution in [2.45, 2.75) is 57.4 Å². The van der Waals surface area contributed by atoms with Crippen LogP contribution in [0.15, 0.2) is 60.2 Å². The van der Waals surface area contributed by atoms with Crippen molar-refractivity contribution in [3.05, 3.63) is 65.8 Å². The monoisotopic (exact) mass is 386 g/mol. The summed E-state index contributed by atoms with van der Waals surface area (Å²) in [6.45, 7) is 10.5. The van der Waals surface area contributed by atoms with Gasteiger partial charge in [0.15, 0.2) is 0 Å². The van der Waals surface area contributed by atoms with Crippen molar-refractivity contribution >= 4 is 5.69 Å². The van der Waals surface area contributed by atoms with Gasteiger partial charge in [0.1, 0.15) is 0 Å². The van der Waals surface area contributed by atoms with Gasteiger partial charge < -0.3 is 4.90 Å². The average molecular weight is 387 g/mol. The van der Waals surface area contributed by atoms with E-state index in [4.69, 9.17) is 6.42 Å². The van der Waals surface area contributed by atoms with Crippen LogP contribution in [0.25, 0.3) is 0 Å². The summed E-state index contributed by atoms with van der Waals surface area (Å²) in [6, 6.07) is 9.90. The summed E-state index contributed by atoms with van der Waals surface area (Å²) in [5.41, 5.74) is 4.79. The van der Waals surface area contributed by atoms with Gasteiger partial charge >= 0.3 is 0 Å². The van der Waals surface area contributed by atoms with Gasteiger partial charge in [0, 0.05) is 29.3 Å². The molecule has 152 valence electrons. The fraction of sp³-hybridized carbons (Fsp3) is 0.481. The molecule has 0 aliphatic heterocycles. The van der Waals surface area contributed by atoms with Crippen LogP contribution in [0.1, 0.15) is 51.5 Å².